The highest BCUT2D eigenvalue weighted by molar-refractivity contribution is 7.91. The van der Waals surface area contributed by atoms with Gasteiger partial charge in [-0.25, -0.2) is 18.2 Å². The molecular weight excluding hydrogens is 388 g/mol. The van der Waals surface area contributed by atoms with E-state index in [0.29, 0.717) is 22.0 Å². The highest BCUT2D eigenvalue weighted by atomic mass is 32.2. The molecule has 0 bridgehead atoms. The lowest BCUT2D eigenvalue weighted by molar-refractivity contribution is -0.134. The minimum Gasteiger partial charge on any atom is -0.451 e. The van der Waals surface area contributed by atoms with E-state index in [9.17, 15) is 18.0 Å². The summed E-state index contributed by atoms with van der Waals surface area (Å²) in [5.41, 5.74) is 1.45. The Balaban J connectivity index is 1.61. The summed E-state index contributed by atoms with van der Waals surface area (Å²) in [4.78, 5) is 30.7. The van der Waals surface area contributed by atoms with Crippen LogP contribution in [0.25, 0.3) is 10.6 Å². The quantitative estimate of drug-likeness (QED) is 0.702. The Morgan fingerprint density at radius 3 is 2.63 bits per heavy atom. The molecule has 0 radical (unpaired) electrons. The van der Waals surface area contributed by atoms with Crippen molar-refractivity contribution in [3.8, 4) is 10.6 Å². The average molecular weight is 409 g/mol. The molecule has 1 atom stereocenters. The van der Waals surface area contributed by atoms with Crippen LogP contribution in [-0.4, -0.2) is 61.4 Å². The monoisotopic (exact) mass is 408 g/mol. The van der Waals surface area contributed by atoms with Crippen LogP contribution in [0.3, 0.4) is 0 Å². The number of aromatic nitrogens is 1. The molecule has 2 heterocycles. The molecule has 27 heavy (non-hydrogen) atoms. The first-order chi connectivity index (χ1) is 12.8. The molecule has 1 aromatic carbocycles. The fourth-order valence-electron chi connectivity index (χ4n) is 2.87. The van der Waals surface area contributed by atoms with Gasteiger partial charge in [-0.3, -0.25) is 4.79 Å². The topological polar surface area (TPSA) is 93.6 Å². The normalized spacial score (nSPS) is 18.2. The number of amides is 1. The van der Waals surface area contributed by atoms with Gasteiger partial charge < -0.3 is 9.64 Å². The zero-order valence-electron chi connectivity index (χ0n) is 15.0. The summed E-state index contributed by atoms with van der Waals surface area (Å²) in [5.74, 6) is -0.988. The number of likely N-dealkylation sites (N-methyl/N-ethyl adjacent to an activating group) is 1. The van der Waals surface area contributed by atoms with E-state index in [-0.39, 0.29) is 17.5 Å². The molecule has 3 rings (SSSR count). The number of esters is 1. The summed E-state index contributed by atoms with van der Waals surface area (Å²) in [7, 11) is -1.55. The predicted molar refractivity (Wildman–Crippen MR) is 102 cm³/mol. The Morgan fingerprint density at radius 2 is 2.00 bits per heavy atom. The molecule has 144 valence electrons. The fourth-order valence-corrected chi connectivity index (χ4v) is 5.61. The lowest BCUT2D eigenvalue weighted by Gasteiger charge is -2.23. The molecule has 0 unspecified atom stereocenters. The van der Waals surface area contributed by atoms with Gasteiger partial charge in [0.15, 0.2) is 16.4 Å². The van der Waals surface area contributed by atoms with E-state index < -0.39 is 28.3 Å². The Morgan fingerprint density at radius 1 is 1.30 bits per heavy atom. The summed E-state index contributed by atoms with van der Waals surface area (Å²) in [6.45, 7) is 1.29. The van der Waals surface area contributed by atoms with Crippen molar-refractivity contribution in [2.24, 2.45) is 0 Å². The average Bonchev–Trinajstić information content (AvgIpc) is 3.21. The van der Waals surface area contributed by atoms with E-state index in [1.54, 1.807) is 6.92 Å². The van der Waals surface area contributed by atoms with E-state index in [1.807, 2.05) is 30.3 Å². The van der Waals surface area contributed by atoms with Crippen LogP contribution in [-0.2, 0) is 19.4 Å². The van der Waals surface area contributed by atoms with Crippen molar-refractivity contribution in [1.29, 1.82) is 0 Å². The first-order valence-electron chi connectivity index (χ1n) is 8.43. The van der Waals surface area contributed by atoms with Gasteiger partial charge in [-0.15, -0.1) is 11.3 Å². The number of rotatable bonds is 5. The van der Waals surface area contributed by atoms with Crippen molar-refractivity contribution in [1.82, 2.24) is 9.88 Å². The van der Waals surface area contributed by atoms with Crippen molar-refractivity contribution in [2.75, 3.05) is 25.2 Å². The van der Waals surface area contributed by atoms with Crippen LogP contribution < -0.4 is 0 Å². The predicted octanol–water partition coefficient (Wildman–Crippen LogP) is 1.92. The third kappa shape index (κ3) is 4.54. The molecule has 1 aliphatic rings. The third-order valence-electron chi connectivity index (χ3n) is 4.48. The molecule has 1 aliphatic heterocycles. The molecule has 1 aromatic heterocycles. The number of carbonyl (C=O) groups excluding carboxylic acids is 2. The van der Waals surface area contributed by atoms with Crippen LogP contribution in [0, 0.1) is 6.92 Å². The molecule has 0 N–H and O–H groups in total. The number of aryl methyl sites for hydroxylation is 1. The minimum atomic E-state index is -3.09. The zero-order chi connectivity index (χ0) is 19.6. The second-order valence-corrected chi connectivity index (χ2v) is 9.67. The number of carbonyl (C=O) groups is 2. The van der Waals surface area contributed by atoms with Crippen LogP contribution in [0.4, 0.5) is 0 Å². The number of thiazole rings is 1. The van der Waals surface area contributed by atoms with Gasteiger partial charge in [-0.1, -0.05) is 30.3 Å². The van der Waals surface area contributed by atoms with Gasteiger partial charge in [-0.2, -0.15) is 0 Å². The van der Waals surface area contributed by atoms with Gasteiger partial charge in [-0.05, 0) is 13.3 Å². The van der Waals surface area contributed by atoms with Crippen LogP contribution in [0.15, 0.2) is 30.3 Å². The lowest BCUT2D eigenvalue weighted by Crippen LogP contribution is -2.40. The van der Waals surface area contributed by atoms with Gasteiger partial charge in [0.2, 0.25) is 0 Å². The van der Waals surface area contributed by atoms with Gasteiger partial charge in [0.25, 0.3) is 5.91 Å². The van der Waals surface area contributed by atoms with E-state index in [2.05, 4.69) is 4.98 Å². The number of sulfone groups is 1. The third-order valence-corrected chi connectivity index (χ3v) is 7.42. The highest BCUT2D eigenvalue weighted by Crippen LogP contribution is 2.28. The molecule has 9 heteroatoms. The first-order valence-corrected chi connectivity index (χ1v) is 11.1. The van der Waals surface area contributed by atoms with Crippen molar-refractivity contribution >= 4 is 33.1 Å². The second-order valence-electron chi connectivity index (χ2n) is 6.44. The Kier molecular flexibility index (Phi) is 5.61. The smallest absolute Gasteiger partial charge is 0.350 e. The van der Waals surface area contributed by atoms with Crippen molar-refractivity contribution < 1.29 is 22.7 Å². The molecule has 0 aliphatic carbocycles. The molecule has 1 saturated heterocycles. The maximum Gasteiger partial charge on any atom is 0.350 e. The molecule has 0 spiro atoms. The maximum absolute atomic E-state index is 12.3. The number of ether oxygens (including phenoxy) is 1. The molecule has 1 fully saturated rings. The van der Waals surface area contributed by atoms with Crippen molar-refractivity contribution in [3.05, 3.63) is 40.9 Å². The van der Waals surface area contributed by atoms with E-state index in [0.717, 1.165) is 5.56 Å². The zero-order valence-corrected chi connectivity index (χ0v) is 16.7. The van der Waals surface area contributed by atoms with E-state index in [4.69, 9.17) is 4.74 Å². The van der Waals surface area contributed by atoms with Gasteiger partial charge >= 0.3 is 5.97 Å². The summed E-state index contributed by atoms with van der Waals surface area (Å²) in [6, 6.07) is 9.12. The molecule has 7 nitrogen and oxygen atoms in total. The van der Waals surface area contributed by atoms with Crippen molar-refractivity contribution in [3.63, 3.8) is 0 Å². The summed E-state index contributed by atoms with van der Waals surface area (Å²) in [6.07, 6.45) is 0.410. The van der Waals surface area contributed by atoms with Gasteiger partial charge in [0.05, 0.1) is 17.2 Å². The number of hydrogen-bond donors (Lipinski definition) is 0. The molecule has 0 saturated carbocycles. The van der Waals surface area contributed by atoms with Gasteiger partial charge in [0.1, 0.15) is 9.88 Å². The van der Waals surface area contributed by atoms with Crippen LogP contribution in [0.1, 0.15) is 21.8 Å². The second kappa shape index (κ2) is 7.77. The summed E-state index contributed by atoms with van der Waals surface area (Å²) >= 11 is 1.22. The number of hydrogen-bond acceptors (Lipinski definition) is 7. The molecular formula is C18H20N2O5S2. The molecule has 1 amide bonds. The summed E-state index contributed by atoms with van der Waals surface area (Å²) in [5, 5.41) is 0.708. The SMILES string of the molecule is Cc1nc(-c2ccccc2)sc1C(=O)OCC(=O)N(C)[C@@H]1CCS(=O)(=O)C1. The van der Waals surface area contributed by atoms with E-state index in [1.165, 1.54) is 23.3 Å². The maximum atomic E-state index is 12.3. The van der Waals surface area contributed by atoms with Gasteiger partial charge in [0, 0.05) is 18.7 Å². The van der Waals surface area contributed by atoms with Crippen LogP contribution in [0.2, 0.25) is 0 Å². The standard InChI is InChI=1S/C18H20N2O5S2/c1-12-16(26-17(19-12)13-6-4-3-5-7-13)18(22)25-10-15(21)20(2)14-8-9-27(23,24)11-14/h3-7,14H,8-11H2,1-2H3/t14-/m1/s1. The van der Waals surface area contributed by atoms with E-state index >= 15 is 0 Å². The lowest BCUT2D eigenvalue weighted by atomic mass is 10.2. The first kappa shape index (κ1) is 19.5. The molecule has 2 aromatic rings. The van der Waals surface area contributed by atoms with Crippen molar-refractivity contribution in [2.45, 2.75) is 19.4 Å². The van der Waals surface area contributed by atoms with Crippen LogP contribution >= 0.6 is 11.3 Å². The largest absolute Gasteiger partial charge is 0.451 e. The fraction of sp³-hybridized carbons (Fsp3) is 0.389. The Labute approximate surface area is 161 Å². The Hall–Kier alpha value is -2.26. The number of nitrogens with zero attached hydrogens (tertiary/aromatic N) is 2. The highest BCUT2D eigenvalue weighted by Gasteiger charge is 2.33. The summed E-state index contributed by atoms with van der Waals surface area (Å²) < 4.78 is 28.2. The minimum absolute atomic E-state index is 0.0441. The van der Waals surface area contributed by atoms with Crippen LogP contribution in [0.5, 0.6) is 0 Å². The Bertz CT molecular complexity index is 953. The number of benzene rings is 1.